The quantitative estimate of drug-likeness (QED) is 0.423. The number of hydrogen-bond acceptors (Lipinski definition) is 4. The van der Waals surface area contributed by atoms with Gasteiger partial charge in [-0.15, -0.1) is 0 Å². The molecule has 0 N–H and O–H groups in total. The first-order valence-electron chi connectivity index (χ1n) is 7.73. The number of likely N-dealkylation sites (N-methyl/N-ethyl adjacent to an activating group) is 1. The van der Waals surface area contributed by atoms with E-state index in [0.29, 0.717) is 19.0 Å². The highest BCUT2D eigenvalue weighted by atomic mass is 16.6. The van der Waals surface area contributed by atoms with Gasteiger partial charge in [0.25, 0.3) is 0 Å². The second kappa shape index (κ2) is 7.79. The van der Waals surface area contributed by atoms with Crippen molar-refractivity contribution in [2.45, 2.75) is 6.61 Å². The van der Waals surface area contributed by atoms with Crippen LogP contribution < -0.4 is 9.47 Å². The molecule has 0 saturated carbocycles. The van der Waals surface area contributed by atoms with Crippen LogP contribution in [0.4, 0.5) is 5.69 Å². The maximum Gasteiger partial charge on any atom is 0.311 e. The van der Waals surface area contributed by atoms with Gasteiger partial charge in [-0.25, -0.2) is 0 Å². The number of ether oxygens (including phenoxy) is 2. The van der Waals surface area contributed by atoms with Gasteiger partial charge in [0.2, 0.25) is 5.75 Å². The highest BCUT2D eigenvalue weighted by Crippen LogP contribution is 2.31. The Balaban J connectivity index is 2.07. The maximum atomic E-state index is 11.2. The van der Waals surface area contributed by atoms with E-state index in [9.17, 15) is 10.1 Å². The van der Waals surface area contributed by atoms with E-state index in [2.05, 4.69) is 0 Å². The van der Waals surface area contributed by atoms with E-state index in [-0.39, 0.29) is 11.4 Å². The summed E-state index contributed by atoms with van der Waals surface area (Å²) in [5, 5.41) is 11.2. The predicted octanol–water partition coefficient (Wildman–Crippen LogP) is 3.26. The SMILES string of the molecule is C[N+](C)(C)CCOc1cc(OCc2ccccc2)ccc1[N+](=O)[O-]. The molecule has 2 aromatic rings. The molecule has 0 aromatic heterocycles. The van der Waals surface area contributed by atoms with Crippen LogP contribution in [0.25, 0.3) is 0 Å². The zero-order chi connectivity index (χ0) is 17.6. The summed E-state index contributed by atoms with van der Waals surface area (Å²) in [6.07, 6.45) is 0. The van der Waals surface area contributed by atoms with Crippen molar-refractivity contribution >= 4 is 5.69 Å². The van der Waals surface area contributed by atoms with E-state index in [0.717, 1.165) is 16.6 Å². The zero-order valence-electron chi connectivity index (χ0n) is 14.3. The molecule has 0 saturated heterocycles. The average molecular weight is 331 g/mol. The molecule has 0 spiro atoms. The van der Waals surface area contributed by atoms with Crippen molar-refractivity contribution in [3.63, 3.8) is 0 Å². The Morgan fingerprint density at radius 3 is 2.38 bits per heavy atom. The second-order valence-corrected chi connectivity index (χ2v) is 6.52. The lowest BCUT2D eigenvalue weighted by Gasteiger charge is -2.23. The Hall–Kier alpha value is -2.60. The summed E-state index contributed by atoms with van der Waals surface area (Å²) in [4.78, 5) is 10.7. The molecule has 0 bridgehead atoms. The van der Waals surface area contributed by atoms with E-state index < -0.39 is 4.92 Å². The van der Waals surface area contributed by atoms with Gasteiger partial charge in [-0.1, -0.05) is 30.3 Å². The molecule has 2 rings (SSSR count). The lowest BCUT2D eigenvalue weighted by Crippen LogP contribution is -2.38. The van der Waals surface area contributed by atoms with Gasteiger partial charge < -0.3 is 14.0 Å². The maximum absolute atomic E-state index is 11.2. The fraction of sp³-hybridized carbons (Fsp3) is 0.333. The van der Waals surface area contributed by atoms with Crippen LogP contribution >= 0.6 is 0 Å². The fourth-order valence-corrected chi connectivity index (χ4v) is 2.02. The first-order valence-corrected chi connectivity index (χ1v) is 7.73. The zero-order valence-corrected chi connectivity index (χ0v) is 14.3. The number of quaternary nitrogens is 1. The summed E-state index contributed by atoms with van der Waals surface area (Å²) in [7, 11) is 6.12. The number of benzene rings is 2. The summed E-state index contributed by atoms with van der Waals surface area (Å²) >= 11 is 0. The lowest BCUT2D eigenvalue weighted by molar-refractivity contribution is -0.870. The predicted molar refractivity (Wildman–Crippen MR) is 92.3 cm³/mol. The Morgan fingerprint density at radius 1 is 1.04 bits per heavy atom. The Morgan fingerprint density at radius 2 is 1.75 bits per heavy atom. The topological polar surface area (TPSA) is 61.6 Å². The van der Waals surface area contributed by atoms with Gasteiger partial charge in [-0.2, -0.15) is 0 Å². The second-order valence-electron chi connectivity index (χ2n) is 6.52. The van der Waals surface area contributed by atoms with Crippen LogP contribution in [0, 0.1) is 10.1 Å². The Bertz CT molecular complexity index is 681. The Labute approximate surface area is 142 Å². The molecule has 0 fully saturated rings. The van der Waals surface area contributed by atoms with Crippen LogP contribution in [-0.2, 0) is 6.61 Å². The van der Waals surface area contributed by atoms with Gasteiger partial charge >= 0.3 is 5.69 Å². The fourth-order valence-electron chi connectivity index (χ4n) is 2.02. The number of nitro groups is 1. The molecular weight excluding hydrogens is 308 g/mol. The third-order valence-electron chi connectivity index (χ3n) is 3.40. The van der Waals surface area contributed by atoms with Crippen molar-refractivity contribution in [1.29, 1.82) is 0 Å². The highest BCUT2D eigenvalue weighted by molar-refractivity contribution is 5.50. The monoisotopic (exact) mass is 331 g/mol. The van der Waals surface area contributed by atoms with Crippen molar-refractivity contribution in [3.8, 4) is 11.5 Å². The molecule has 0 heterocycles. The van der Waals surface area contributed by atoms with Crippen LogP contribution in [0.3, 0.4) is 0 Å². The summed E-state index contributed by atoms with van der Waals surface area (Å²) in [5.41, 5.74) is 0.979. The molecule has 0 aliphatic heterocycles. The number of nitrogens with zero attached hydrogens (tertiary/aromatic N) is 2. The summed E-state index contributed by atoms with van der Waals surface area (Å²) in [6.45, 7) is 1.54. The minimum absolute atomic E-state index is 0.0523. The van der Waals surface area contributed by atoms with Crippen LogP contribution in [0.5, 0.6) is 11.5 Å². The van der Waals surface area contributed by atoms with Crippen LogP contribution in [0.1, 0.15) is 5.56 Å². The largest absolute Gasteiger partial charge is 0.489 e. The van der Waals surface area contributed by atoms with E-state index in [1.807, 2.05) is 51.5 Å². The van der Waals surface area contributed by atoms with Gasteiger partial charge in [-0.05, 0) is 11.6 Å². The third-order valence-corrected chi connectivity index (χ3v) is 3.40. The number of nitro benzene ring substituents is 1. The van der Waals surface area contributed by atoms with Crippen molar-refractivity contribution in [2.75, 3.05) is 34.3 Å². The van der Waals surface area contributed by atoms with Crippen molar-refractivity contribution in [3.05, 3.63) is 64.2 Å². The highest BCUT2D eigenvalue weighted by Gasteiger charge is 2.17. The van der Waals surface area contributed by atoms with E-state index in [4.69, 9.17) is 9.47 Å². The average Bonchev–Trinajstić information content (AvgIpc) is 2.52. The molecule has 0 amide bonds. The molecule has 24 heavy (non-hydrogen) atoms. The van der Waals surface area contributed by atoms with E-state index >= 15 is 0 Å². The minimum atomic E-state index is -0.442. The molecule has 0 aliphatic rings. The number of hydrogen-bond donors (Lipinski definition) is 0. The van der Waals surface area contributed by atoms with Crippen molar-refractivity contribution in [1.82, 2.24) is 0 Å². The molecular formula is C18H23N2O4+. The molecule has 0 aliphatic carbocycles. The molecule has 6 nitrogen and oxygen atoms in total. The van der Waals surface area contributed by atoms with Gasteiger partial charge in [0.05, 0.1) is 26.1 Å². The first kappa shape index (κ1) is 17.7. The number of rotatable bonds is 8. The van der Waals surface area contributed by atoms with Crippen LogP contribution in [0.15, 0.2) is 48.5 Å². The van der Waals surface area contributed by atoms with Gasteiger partial charge in [0, 0.05) is 12.1 Å². The molecule has 0 atom stereocenters. The van der Waals surface area contributed by atoms with Crippen molar-refractivity contribution < 1.29 is 18.9 Å². The molecule has 0 unspecified atom stereocenters. The summed E-state index contributed by atoms with van der Waals surface area (Å²) < 4.78 is 12.1. The molecule has 128 valence electrons. The first-order chi connectivity index (χ1) is 11.3. The molecule has 2 aromatic carbocycles. The minimum Gasteiger partial charge on any atom is -0.489 e. The lowest BCUT2D eigenvalue weighted by atomic mass is 10.2. The Kier molecular flexibility index (Phi) is 5.76. The smallest absolute Gasteiger partial charge is 0.311 e. The summed E-state index contributed by atoms with van der Waals surface area (Å²) in [5.74, 6) is 0.781. The van der Waals surface area contributed by atoms with Gasteiger partial charge in [0.1, 0.15) is 25.5 Å². The normalized spacial score (nSPS) is 11.1. The van der Waals surface area contributed by atoms with E-state index in [1.165, 1.54) is 6.07 Å². The van der Waals surface area contributed by atoms with Gasteiger partial charge in [0.15, 0.2) is 0 Å². The standard InChI is InChI=1S/C18H23N2O4/c1-20(2,3)11-12-23-18-13-16(9-10-17(18)19(21)22)24-14-15-7-5-4-6-8-15/h4-10,13H,11-12,14H2,1-3H3/q+1. The molecule has 0 radical (unpaired) electrons. The van der Waals surface area contributed by atoms with Crippen LogP contribution in [-0.4, -0.2) is 43.7 Å². The molecule has 6 heteroatoms. The third kappa shape index (κ3) is 5.55. The summed E-state index contributed by atoms with van der Waals surface area (Å²) in [6, 6.07) is 14.3. The van der Waals surface area contributed by atoms with Gasteiger partial charge in [-0.3, -0.25) is 10.1 Å². The van der Waals surface area contributed by atoms with Crippen molar-refractivity contribution in [2.24, 2.45) is 0 Å². The van der Waals surface area contributed by atoms with Crippen LogP contribution in [0.2, 0.25) is 0 Å². The van der Waals surface area contributed by atoms with E-state index in [1.54, 1.807) is 12.1 Å².